The molecule has 2 fully saturated rings. The Morgan fingerprint density at radius 1 is 0.947 bits per heavy atom. The summed E-state index contributed by atoms with van der Waals surface area (Å²) in [7, 11) is -4.56. The molecule has 2 aliphatic heterocycles. The molecule has 1 unspecified atom stereocenters. The molecule has 11 heteroatoms. The van der Waals surface area contributed by atoms with Gasteiger partial charge in [0.25, 0.3) is 10.1 Å². The lowest BCUT2D eigenvalue weighted by molar-refractivity contribution is -0.165. The lowest BCUT2D eigenvalue weighted by atomic mass is 9.73. The van der Waals surface area contributed by atoms with Gasteiger partial charge in [0.05, 0.1) is 12.6 Å². The van der Waals surface area contributed by atoms with E-state index in [2.05, 4.69) is 0 Å². The summed E-state index contributed by atoms with van der Waals surface area (Å²) in [6.45, 7) is 14.5. The fourth-order valence-electron chi connectivity index (χ4n) is 4.91. The maximum atomic E-state index is 12.9. The van der Waals surface area contributed by atoms with Gasteiger partial charge in [0.15, 0.2) is 0 Å². The zero-order chi connectivity index (χ0) is 29.0. The van der Waals surface area contributed by atoms with Gasteiger partial charge in [0, 0.05) is 13.1 Å². The summed E-state index contributed by atoms with van der Waals surface area (Å²) < 4.78 is 43.9. The molecule has 1 amide bonds. The Hall–Kier alpha value is -1.95. The largest absolute Gasteiger partial charge is 0.459 e. The van der Waals surface area contributed by atoms with Crippen LogP contribution in [0.4, 0.5) is 4.79 Å². The van der Waals surface area contributed by atoms with Crippen molar-refractivity contribution in [3.05, 3.63) is 24.3 Å². The number of rotatable bonds is 5. The second-order valence-electron chi connectivity index (χ2n) is 12.4. The monoisotopic (exact) mass is 558 g/mol. The minimum absolute atomic E-state index is 0.0270. The summed E-state index contributed by atoms with van der Waals surface area (Å²) in [5, 5.41) is 9.03. The van der Waals surface area contributed by atoms with E-state index < -0.39 is 37.5 Å². The molecule has 1 aliphatic carbocycles. The van der Waals surface area contributed by atoms with E-state index in [4.69, 9.17) is 14.6 Å². The molecule has 2 saturated heterocycles. The van der Waals surface area contributed by atoms with Gasteiger partial charge in [0.1, 0.15) is 21.4 Å². The van der Waals surface area contributed by atoms with Gasteiger partial charge in [0.2, 0.25) is 0 Å². The van der Waals surface area contributed by atoms with E-state index in [-0.39, 0.29) is 25.3 Å². The van der Waals surface area contributed by atoms with Crippen LogP contribution in [0.25, 0.3) is 0 Å². The van der Waals surface area contributed by atoms with Gasteiger partial charge in [-0.15, -0.1) is 0 Å². The van der Waals surface area contributed by atoms with Gasteiger partial charge < -0.3 is 24.4 Å². The number of carbonyl (C=O) groups is 2. The number of hydrogen-bond acceptors (Lipinski definition) is 8. The highest BCUT2D eigenvalue weighted by atomic mass is 32.2. The first-order valence-corrected chi connectivity index (χ1v) is 14.7. The third-order valence-electron chi connectivity index (χ3n) is 6.94. The molecule has 2 N–H and O–H groups in total. The van der Waals surface area contributed by atoms with Gasteiger partial charge in [-0.25, -0.2) is 4.79 Å². The molecule has 0 aromatic rings. The van der Waals surface area contributed by atoms with Crippen LogP contribution in [-0.4, -0.2) is 94.7 Å². The van der Waals surface area contributed by atoms with Crippen LogP contribution in [0.1, 0.15) is 74.1 Å². The van der Waals surface area contributed by atoms with E-state index in [1.165, 1.54) is 19.1 Å². The average Bonchev–Trinajstić information content (AvgIpc) is 3.44. The van der Waals surface area contributed by atoms with Crippen molar-refractivity contribution in [2.24, 2.45) is 5.41 Å². The molecule has 3 atom stereocenters. The minimum atomic E-state index is -4.56. The lowest BCUT2D eigenvalue weighted by Crippen LogP contribution is -2.61. The summed E-state index contributed by atoms with van der Waals surface area (Å²) in [5.41, 5.74) is -2.72. The summed E-state index contributed by atoms with van der Waals surface area (Å²) in [5.74, 6) is -0.660. The summed E-state index contributed by atoms with van der Waals surface area (Å²) in [4.78, 5) is 28.1. The second kappa shape index (κ2) is 12.1. The number of nitrogens with zero attached hydrogens (tertiary/aromatic N) is 2. The van der Waals surface area contributed by atoms with Crippen LogP contribution in [0, 0.1) is 5.41 Å². The van der Waals surface area contributed by atoms with E-state index in [1.54, 1.807) is 37.8 Å². The van der Waals surface area contributed by atoms with Crippen LogP contribution in [0.5, 0.6) is 0 Å². The standard InChI is InChI=1S/C17H27NO5S.C10H19NO3/c1-15(2,3)23-14(19)16(4)9-5-6-10-17(16,24(20,21)22)13-18-11-7-8-12-18;1-10(2,3)14-9(13)11-6-4-5-8(11)7-12/h5-6,9-10H,7-8,11-13H2,1-4H3,(H,20,21,22);8,12H,4-7H2,1-3H3/t16?,17-;8-/m10/s1. The number of likely N-dealkylation sites (tertiary alicyclic amines) is 2. The molecule has 0 aromatic heterocycles. The van der Waals surface area contributed by atoms with Crippen molar-refractivity contribution in [3.8, 4) is 0 Å². The number of esters is 1. The van der Waals surface area contributed by atoms with Gasteiger partial charge >= 0.3 is 12.1 Å². The maximum Gasteiger partial charge on any atom is 0.410 e. The van der Waals surface area contributed by atoms with E-state index in [9.17, 15) is 22.6 Å². The zero-order valence-electron chi connectivity index (χ0n) is 23.9. The Labute approximate surface area is 227 Å². The lowest BCUT2D eigenvalue weighted by Gasteiger charge is -2.44. The summed E-state index contributed by atoms with van der Waals surface area (Å²) >= 11 is 0. The first-order chi connectivity index (χ1) is 17.4. The fraction of sp³-hybridized carbons (Fsp3) is 0.778. The Kier molecular flexibility index (Phi) is 10.2. The van der Waals surface area contributed by atoms with E-state index in [0.717, 1.165) is 38.8 Å². The molecule has 0 radical (unpaired) electrons. The van der Waals surface area contributed by atoms with E-state index >= 15 is 0 Å². The molecule has 0 bridgehead atoms. The molecule has 218 valence electrons. The summed E-state index contributed by atoms with van der Waals surface area (Å²) in [6.07, 6.45) is 9.59. The van der Waals surface area contributed by atoms with Crippen molar-refractivity contribution in [1.82, 2.24) is 9.80 Å². The number of carbonyl (C=O) groups excluding carboxylic acids is 2. The number of allylic oxidation sites excluding steroid dienone is 2. The highest BCUT2D eigenvalue weighted by Crippen LogP contribution is 2.45. The Morgan fingerprint density at radius 2 is 1.50 bits per heavy atom. The Morgan fingerprint density at radius 3 is 2.00 bits per heavy atom. The fourth-order valence-corrected chi connectivity index (χ4v) is 6.19. The van der Waals surface area contributed by atoms with Crippen LogP contribution in [0.15, 0.2) is 24.3 Å². The van der Waals surface area contributed by atoms with Crippen LogP contribution in [-0.2, 0) is 24.4 Å². The molecule has 3 aliphatic rings. The average molecular weight is 559 g/mol. The molecule has 38 heavy (non-hydrogen) atoms. The van der Waals surface area contributed by atoms with Gasteiger partial charge in [-0.1, -0.05) is 24.3 Å². The molecule has 0 saturated carbocycles. The molecular weight excluding hydrogens is 512 g/mol. The predicted molar refractivity (Wildman–Crippen MR) is 145 cm³/mol. The SMILES string of the molecule is CC(C)(C)OC(=O)C1(C)C=CC=C[C@]1(CN1CCCC1)S(=O)(=O)O.CC(C)(C)OC(=O)N1CCC[C@H]1CO. The molecular formula is C27H46N2O8S. The number of aliphatic hydroxyl groups excluding tert-OH is 1. The first kappa shape index (κ1) is 32.3. The Bertz CT molecular complexity index is 1010. The maximum absolute atomic E-state index is 12.9. The minimum Gasteiger partial charge on any atom is -0.459 e. The van der Waals surface area contributed by atoms with Crippen molar-refractivity contribution in [1.29, 1.82) is 0 Å². The number of hydrogen-bond donors (Lipinski definition) is 2. The summed E-state index contributed by atoms with van der Waals surface area (Å²) in [6, 6.07) is -0.0511. The number of aliphatic hydroxyl groups is 1. The number of ether oxygens (including phenoxy) is 2. The van der Waals surface area contributed by atoms with Crippen LogP contribution >= 0.6 is 0 Å². The van der Waals surface area contributed by atoms with Crippen LogP contribution in [0.2, 0.25) is 0 Å². The topological polar surface area (TPSA) is 134 Å². The quantitative estimate of drug-likeness (QED) is 0.384. The van der Waals surface area contributed by atoms with E-state index in [0.29, 0.717) is 6.54 Å². The van der Waals surface area contributed by atoms with Crippen LogP contribution in [0.3, 0.4) is 0 Å². The molecule has 2 heterocycles. The molecule has 10 nitrogen and oxygen atoms in total. The number of amides is 1. The zero-order valence-corrected chi connectivity index (χ0v) is 24.7. The van der Waals surface area contributed by atoms with Crippen molar-refractivity contribution >= 4 is 22.2 Å². The van der Waals surface area contributed by atoms with Gasteiger partial charge in [-0.05, 0) is 87.2 Å². The third kappa shape index (κ3) is 7.80. The highest BCUT2D eigenvalue weighted by Gasteiger charge is 2.61. The van der Waals surface area contributed by atoms with Crippen molar-refractivity contribution in [2.45, 2.75) is 96.1 Å². The van der Waals surface area contributed by atoms with Gasteiger partial charge in [-0.2, -0.15) is 8.42 Å². The molecule has 0 spiro atoms. The van der Waals surface area contributed by atoms with E-state index in [1.807, 2.05) is 25.7 Å². The predicted octanol–water partition coefficient (Wildman–Crippen LogP) is 3.56. The van der Waals surface area contributed by atoms with Crippen molar-refractivity contribution in [3.63, 3.8) is 0 Å². The smallest absolute Gasteiger partial charge is 0.410 e. The molecule has 0 aromatic carbocycles. The highest BCUT2D eigenvalue weighted by molar-refractivity contribution is 7.87. The van der Waals surface area contributed by atoms with Crippen molar-refractivity contribution in [2.75, 3.05) is 32.8 Å². The molecule has 3 rings (SSSR count). The third-order valence-corrected chi connectivity index (χ3v) is 8.55. The normalized spacial score (nSPS) is 28.1. The Balaban J connectivity index is 0.000000308. The van der Waals surface area contributed by atoms with Crippen LogP contribution < -0.4 is 0 Å². The van der Waals surface area contributed by atoms with Crippen molar-refractivity contribution < 1.29 is 37.1 Å². The second-order valence-corrected chi connectivity index (χ2v) is 14.1. The first-order valence-electron chi connectivity index (χ1n) is 13.3. The van der Waals surface area contributed by atoms with Gasteiger partial charge in [-0.3, -0.25) is 9.35 Å².